The van der Waals surface area contributed by atoms with Gasteiger partial charge in [-0.1, -0.05) is 6.07 Å². The lowest BCUT2D eigenvalue weighted by molar-refractivity contribution is 0.322. The Labute approximate surface area is 155 Å². The molecule has 2 aromatic carbocycles. The number of hydrogen-bond donors (Lipinski definition) is 1. The van der Waals surface area contributed by atoms with Gasteiger partial charge >= 0.3 is 0 Å². The smallest absolute Gasteiger partial charge is 0.240 e. The summed E-state index contributed by atoms with van der Waals surface area (Å²) in [7, 11) is -3.55. The van der Waals surface area contributed by atoms with Crippen molar-refractivity contribution in [3.63, 3.8) is 0 Å². The monoisotopic (exact) mass is 375 g/mol. The molecule has 1 aliphatic carbocycles. The lowest BCUT2D eigenvalue weighted by atomic mass is 9.92. The largest absolute Gasteiger partial charge is 0.494 e. The number of benzene rings is 2. The van der Waals surface area contributed by atoms with Gasteiger partial charge in [-0.25, -0.2) is 13.1 Å². The van der Waals surface area contributed by atoms with E-state index in [1.54, 1.807) is 12.1 Å². The maximum absolute atomic E-state index is 12.3. The highest BCUT2D eigenvalue weighted by Crippen LogP contribution is 2.25. The third kappa shape index (κ3) is 4.77. The van der Waals surface area contributed by atoms with Gasteiger partial charge < -0.3 is 9.47 Å². The van der Waals surface area contributed by atoms with Crippen molar-refractivity contribution in [2.24, 2.45) is 0 Å². The molecule has 0 fully saturated rings. The first-order chi connectivity index (χ1) is 12.6. The fourth-order valence-corrected chi connectivity index (χ4v) is 4.12. The van der Waals surface area contributed by atoms with Gasteiger partial charge in [0.05, 0.1) is 11.5 Å². The fourth-order valence-electron chi connectivity index (χ4n) is 3.11. The maximum Gasteiger partial charge on any atom is 0.240 e. The Bertz CT molecular complexity index is 831. The first kappa shape index (κ1) is 18.7. The average Bonchev–Trinajstić information content (AvgIpc) is 2.66. The lowest BCUT2D eigenvalue weighted by Gasteiger charge is -2.17. The van der Waals surface area contributed by atoms with Crippen molar-refractivity contribution in [1.29, 1.82) is 0 Å². The SMILES string of the molecule is CCOc1ccc(S(=O)(=O)NCCOc2ccc3c(c2)CCCC3)cc1. The molecule has 2 aromatic rings. The molecule has 1 N–H and O–H groups in total. The number of aryl methyl sites for hydroxylation is 2. The minimum absolute atomic E-state index is 0.215. The van der Waals surface area contributed by atoms with E-state index in [4.69, 9.17) is 9.47 Å². The van der Waals surface area contributed by atoms with Crippen LogP contribution in [0.1, 0.15) is 30.9 Å². The molecular weight excluding hydrogens is 350 g/mol. The van der Waals surface area contributed by atoms with Crippen LogP contribution in [-0.4, -0.2) is 28.2 Å². The van der Waals surface area contributed by atoms with Crippen molar-refractivity contribution in [3.05, 3.63) is 53.6 Å². The summed E-state index contributed by atoms with van der Waals surface area (Å²) < 4.78 is 38.2. The van der Waals surface area contributed by atoms with Gasteiger partial charge in [-0.2, -0.15) is 0 Å². The summed E-state index contributed by atoms with van der Waals surface area (Å²) in [6.45, 7) is 2.93. The summed E-state index contributed by atoms with van der Waals surface area (Å²) >= 11 is 0. The second-order valence-corrected chi connectivity index (χ2v) is 8.06. The molecule has 0 heterocycles. The van der Waals surface area contributed by atoms with E-state index in [1.807, 2.05) is 13.0 Å². The molecule has 0 amide bonds. The molecule has 6 heteroatoms. The zero-order chi connectivity index (χ0) is 18.4. The summed E-state index contributed by atoms with van der Waals surface area (Å²) in [5.41, 5.74) is 2.75. The Morgan fingerprint density at radius 1 is 0.923 bits per heavy atom. The van der Waals surface area contributed by atoms with E-state index in [2.05, 4.69) is 16.9 Å². The van der Waals surface area contributed by atoms with Crippen LogP contribution in [0.4, 0.5) is 0 Å². The van der Waals surface area contributed by atoms with Gasteiger partial charge in [-0.05, 0) is 80.1 Å². The molecule has 0 saturated heterocycles. The number of hydrogen-bond acceptors (Lipinski definition) is 4. The van der Waals surface area contributed by atoms with Gasteiger partial charge in [-0.3, -0.25) is 0 Å². The third-order valence-electron chi connectivity index (χ3n) is 4.43. The predicted octanol–water partition coefficient (Wildman–Crippen LogP) is 3.32. The quantitative estimate of drug-likeness (QED) is 0.719. The van der Waals surface area contributed by atoms with Crippen LogP contribution in [0.5, 0.6) is 11.5 Å². The van der Waals surface area contributed by atoms with Crippen molar-refractivity contribution in [1.82, 2.24) is 4.72 Å². The minimum atomic E-state index is -3.55. The summed E-state index contributed by atoms with van der Waals surface area (Å²) in [6.07, 6.45) is 4.70. The van der Waals surface area contributed by atoms with Gasteiger partial charge in [0.25, 0.3) is 0 Å². The van der Waals surface area contributed by atoms with Gasteiger partial charge in [0, 0.05) is 6.54 Å². The molecule has 0 bridgehead atoms. The molecule has 1 aliphatic rings. The first-order valence-corrected chi connectivity index (χ1v) is 10.5. The Morgan fingerprint density at radius 3 is 2.35 bits per heavy atom. The number of ether oxygens (including phenoxy) is 2. The molecule has 0 saturated carbocycles. The molecule has 5 nitrogen and oxygen atoms in total. The fraction of sp³-hybridized carbons (Fsp3) is 0.400. The number of sulfonamides is 1. The highest BCUT2D eigenvalue weighted by Gasteiger charge is 2.14. The molecular formula is C20H25NO4S. The summed E-state index contributed by atoms with van der Waals surface area (Å²) in [4.78, 5) is 0.217. The van der Waals surface area contributed by atoms with Crippen LogP contribution in [0.2, 0.25) is 0 Å². The zero-order valence-corrected chi connectivity index (χ0v) is 15.8. The first-order valence-electron chi connectivity index (χ1n) is 9.05. The Morgan fingerprint density at radius 2 is 1.62 bits per heavy atom. The topological polar surface area (TPSA) is 64.6 Å². The standard InChI is InChI=1S/C20H25NO4S/c1-2-24-18-9-11-20(12-10-18)26(22,23)21-13-14-25-19-8-7-16-5-3-4-6-17(16)15-19/h7-12,15,21H,2-6,13-14H2,1H3. The van der Waals surface area contributed by atoms with E-state index >= 15 is 0 Å². The van der Waals surface area contributed by atoms with Gasteiger partial charge in [0.15, 0.2) is 0 Å². The molecule has 0 unspecified atom stereocenters. The highest BCUT2D eigenvalue weighted by molar-refractivity contribution is 7.89. The minimum Gasteiger partial charge on any atom is -0.494 e. The Hall–Kier alpha value is -2.05. The van der Waals surface area contributed by atoms with E-state index in [-0.39, 0.29) is 18.0 Å². The molecule has 0 aromatic heterocycles. The zero-order valence-electron chi connectivity index (χ0n) is 15.0. The van der Waals surface area contributed by atoms with E-state index in [0.29, 0.717) is 12.4 Å². The Balaban J connectivity index is 1.50. The second-order valence-electron chi connectivity index (χ2n) is 6.29. The normalized spacial score (nSPS) is 13.9. The van der Waals surface area contributed by atoms with E-state index in [0.717, 1.165) is 18.6 Å². The Kier molecular flexibility index (Phi) is 6.16. The second kappa shape index (κ2) is 8.56. The van der Waals surface area contributed by atoms with Crippen LogP contribution in [0.25, 0.3) is 0 Å². The van der Waals surface area contributed by atoms with Crippen LogP contribution >= 0.6 is 0 Å². The molecule has 140 valence electrons. The van der Waals surface area contributed by atoms with Crippen LogP contribution in [0, 0.1) is 0 Å². The number of fused-ring (bicyclic) bond motifs is 1. The van der Waals surface area contributed by atoms with Crippen LogP contribution in [0.3, 0.4) is 0 Å². The van der Waals surface area contributed by atoms with Gasteiger partial charge in [-0.15, -0.1) is 0 Å². The summed E-state index contributed by atoms with van der Waals surface area (Å²) in [5, 5.41) is 0. The summed E-state index contributed by atoms with van der Waals surface area (Å²) in [5.74, 6) is 1.45. The van der Waals surface area contributed by atoms with E-state index < -0.39 is 10.0 Å². The van der Waals surface area contributed by atoms with Crippen molar-refractivity contribution in [2.75, 3.05) is 19.8 Å². The number of nitrogens with one attached hydrogen (secondary N) is 1. The lowest BCUT2D eigenvalue weighted by Crippen LogP contribution is -2.28. The molecule has 0 spiro atoms. The van der Waals surface area contributed by atoms with Gasteiger partial charge in [0.1, 0.15) is 18.1 Å². The molecule has 0 aliphatic heterocycles. The van der Waals surface area contributed by atoms with Crippen LogP contribution in [0.15, 0.2) is 47.4 Å². The molecule has 3 rings (SSSR count). The average molecular weight is 375 g/mol. The van der Waals surface area contributed by atoms with Crippen molar-refractivity contribution < 1.29 is 17.9 Å². The molecule has 26 heavy (non-hydrogen) atoms. The van der Waals surface area contributed by atoms with Crippen LogP contribution < -0.4 is 14.2 Å². The van der Waals surface area contributed by atoms with E-state index in [9.17, 15) is 8.42 Å². The van der Waals surface area contributed by atoms with Crippen molar-refractivity contribution in [3.8, 4) is 11.5 Å². The maximum atomic E-state index is 12.3. The van der Waals surface area contributed by atoms with Crippen molar-refractivity contribution in [2.45, 2.75) is 37.5 Å². The molecule has 0 atom stereocenters. The van der Waals surface area contributed by atoms with Crippen molar-refractivity contribution >= 4 is 10.0 Å². The molecule has 0 radical (unpaired) electrons. The highest BCUT2D eigenvalue weighted by atomic mass is 32.2. The van der Waals surface area contributed by atoms with Gasteiger partial charge in [0.2, 0.25) is 10.0 Å². The predicted molar refractivity (Wildman–Crippen MR) is 101 cm³/mol. The van der Waals surface area contributed by atoms with E-state index in [1.165, 1.54) is 36.1 Å². The summed E-state index contributed by atoms with van der Waals surface area (Å²) in [6, 6.07) is 12.5. The number of rotatable bonds is 8. The van der Waals surface area contributed by atoms with Crippen LogP contribution in [-0.2, 0) is 22.9 Å². The third-order valence-corrected chi connectivity index (χ3v) is 5.90.